The molecule has 0 amide bonds. The molecule has 0 heterocycles. The van der Waals surface area contributed by atoms with Crippen molar-refractivity contribution in [2.45, 2.75) is 258 Å². The number of hydrogen-bond acceptors (Lipinski definition) is 6. The minimum absolute atomic E-state index is 0.114. The minimum Gasteiger partial charge on any atom is -0.462 e. The number of esters is 3. The van der Waals surface area contributed by atoms with E-state index in [0.29, 0.717) is 12.8 Å². The zero-order chi connectivity index (χ0) is 54.3. The molecule has 6 nitrogen and oxygen atoms in total. The fourth-order valence-electron chi connectivity index (χ4n) is 7.83. The number of carbonyl (C=O) groups excluding carboxylic acids is 3. The van der Waals surface area contributed by atoms with E-state index >= 15 is 0 Å². The summed E-state index contributed by atoms with van der Waals surface area (Å²) in [4.78, 5) is 38.2. The fraction of sp³-hybridized carbons (Fsp3) is 0.609. The highest BCUT2D eigenvalue weighted by atomic mass is 16.6. The van der Waals surface area contributed by atoms with Crippen LogP contribution in [0.3, 0.4) is 0 Å². The van der Waals surface area contributed by atoms with Crippen molar-refractivity contribution in [1.29, 1.82) is 0 Å². The summed E-state index contributed by atoms with van der Waals surface area (Å²) in [5.74, 6) is -1.01. The van der Waals surface area contributed by atoms with Gasteiger partial charge in [0.2, 0.25) is 0 Å². The maximum absolute atomic E-state index is 12.9. The van der Waals surface area contributed by atoms with Gasteiger partial charge in [0.15, 0.2) is 6.10 Å². The van der Waals surface area contributed by atoms with E-state index in [2.05, 4.69) is 167 Å². The molecule has 0 bridgehead atoms. The third-order valence-corrected chi connectivity index (χ3v) is 12.3. The topological polar surface area (TPSA) is 78.9 Å². The molecule has 422 valence electrons. The van der Waals surface area contributed by atoms with Crippen molar-refractivity contribution in [2.24, 2.45) is 0 Å². The highest BCUT2D eigenvalue weighted by molar-refractivity contribution is 5.71. The van der Waals surface area contributed by atoms with Crippen molar-refractivity contribution in [2.75, 3.05) is 13.2 Å². The largest absolute Gasteiger partial charge is 0.462 e. The Hall–Kier alpha value is -4.71. The summed E-state index contributed by atoms with van der Waals surface area (Å²) < 4.78 is 16.8. The molecule has 0 saturated carbocycles. The van der Waals surface area contributed by atoms with Crippen molar-refractivity contribution < 1.29 is 28.6 Å². The maximum Gasteiger partial charge on any atom is 0.306 e. The molecule has 0 aromatic heterocycles. The minimum atomic E-state index is -0.824. The summed E-state index contributed by atoms with van der Waals surface area (Å²) in [6, 6.07) is 0. The van der Waals surface area contributed by atoms with Gasteiger partial charge in [-0.1, -0.05) is 244 Å². The van der Waals surface area contributed by atoms with Crippen molar-refractivity contribution in [3.8, 4) is 0 Å². The highest BCUT2D eigenvalue weighted by Gasteiger charge is 2.19. The predicted molar refractivity (Wildman–Crippen MR) is 325 cm³/mol. The van der Waals surface area contributed by atoms with Crippen LogP contribution < -0.4 is 0 Å². The smallest absolute Gasteiger partial charge is 0.306 e. The first-order chi connectivity index (χ1) is 37.0. The van der Waals surface area contributed by atoms with E-state index in [-0.39, 0.29) is 44.0 Å². The van der Waals surface area contributed by atoms with Gasteiger partial charge in [-0.3, -0.25) is 14.4 Å². The van der Waals surface area contributed by atoms with Crippen molar-refractivity contribution in [1.82, 2.24) is 0 Å². The Morgan fingerprint density at radius 3 is 0.880 bits per heavy atom. The quantitative estimate of drug-likeness (QED) is 0.0261. The Bertz CT molecular complexity index is 1660. The van der Waals surface area contributed by atoms with E-state index in [1.807, 2.05) is 0 Å². The van der Waals surface area contributed by atoms with Crippen LogP contribution in [0.15, 0.2) is 146 Å². The van der Waals surface area contributed by atoms with E-state index in [1.54, 1.807) is 0 Å². The lowest BCUT2D eigenvalue weighted by Gasteiger charge is -2.18. The van der Waals surface area contributed by atoms with Crippen LogP contribution in [0, 0.1) is 0 Å². The third-order valence-electron chi connectivity index (χ3n) is 12.3. The number of hydrogen-bond donors (Lipinski definition) is 0. The van der Waals surface area contributed by atoms with Crippen LogP contribution in [0.4, 0.5) is 0 Å². The van der Waals surface area contributed by atoms with E-state index in [4.69, 9.17) is 14.2 Å². The second kappa shape index (κ2) is 61.8. The second-order valence-electron chi connectivity index (χ2n) is 19.5. The van der Waals surface area contributed by atoms with Crippen LogP contribution in [0.1, 0.15) is 252 Å². The molecule has 0 rings (SSSR count). The molecule has 0 N–H and O–H groups in total. The first-order valence-corrected chi connectivity index (χ1v) is 30.3. The number of rotatable bonds is 53. The molecule has 6 heteroatoms. The maximum atomic E-state index is 12.9. The lowest BCUT2D eigenvalue weighted by atomic mass is 10.1. The summed E-state index contributed by atoms with van der Waals surface area (Å²) in [7, 11) is 0. The second-order valence-corrected chi connectivity index (χ2v) is 19.5. The molecule has 0 aliphatic rings. The molecule has 0 aliphatic heterocycles. The molecule has 1 unspecified atom stereocenters. The van der Waals surface area contributed by atoms with Crippen LogP contribution in [0.5, 0.6) is 0 Å². The molecule has 0 radical (unpaired) electrons. The van der Waals surface area contributed by atoms with E-state index in [0.717, 1.165) is 128 Å². The Morgan fingerprint density at radius 2 is 0.533 bits per heavy atom. The van der Waals surface area contributed by atoms with Gasteiger partial charge in [-0.25, -0.2) is 0 Å². The lowest BCUT2D eigenvalue weighted by Crippen LogP contribution is -2.30. The van der Waals surface area contributed by atoms with E-state index in [9.17, 15) is 14.4 Å². The Labute approximate surface area is 461 Å². The van der Waals surface area contributed by atoms with Gasteiger partial charge in [-0.15, -0.1) is 0 Å². The van der Waals surface area contributed by atoms with Gasteiger partial charge < -0.3 is 14.2 Å². The van der Waals surface area contributed by atoms with Crippen LogP contribution >= 0.6 is 0 Å². The first-order valence-electron chi connectivity index (χ1n) is 30.3. The Balaban J connectivity index is 4.55. The average Bonchev–Trinajstić information content (AvgIpc) is 3.41. The predicted octanol–water partition coefficient (Wildman–Crippen LogP) is 20.8. The molecule has 0 saturated heterocycles. The van der Waals surface area contributed by atoms with Crippen molar-refractivity contribution in [3.63, 3.8) is 0 Å². The lowest BCUT2D eigenvalue weighted by molar-refractivity contribution is -0.167. The summed E-state index contributed by atoms with van der Waals surface area (Å²) in [5, 5.41) is 0. The van der Waals surface area contributed by atoms with E-state index in [1.165, 1.54) is 77.0 Å². The molecule has 0 aromatic rings. The molecular formula is C69H110O6. The molecule has 0 aliphatic carbocycles. The Kier molecular flexibility index (Phi) is 58.0. The molecule has 1 atom stereocenters. The van der Waals surface area contributed by atoms with Crippen LogP contribution in [0.2, 0.25) is 0 Å². The molecule has 0 fully saturated rings. The van der Waals surface area contributed by atoms with Gasteiger partial charge in [-0.05, 0) is 135 Å². The SMILES string of the molecule is CC/C=C\C/C=C\C/C=C\C/C=C\C/C=C\C/C=C\C/C=C\CCCC(=O)OCC(COC(=O)CCCCCCCCC/C=C\CCCCCCCC)OC(=O)CCCCCC/C=C\C/C=C\C/C=C\C/C=C\CC. The first kappa shape index (κ1) is 70.3. The fourth-order valence-corrected chi connectivity index (χ4v) is 7.83. The van der Waals surface area contributed by atoms with Gasteiger partial charge >= 0.3 is 17.9 Å². The summed E-state index contributed by atoms with van der Waals surface area (Å²) >= 11 is 0. The molecule has 0 aromatic carbocycles. The third kappa shape index (κ3) is 60.0. The number of ether oxygens (including phenoxy) is 3. The Morgan fingerprint density at radius 1 is 0.280 bits per heavy atom. The molecule has 75 heavy (non-hydrogen) atoms. The molecule has 0 spiro atoms. The van der Waals surface area contributed by atoms with Crippen molar-refractivity contribution in [3.05, 3.63) is 146 Å². The van der Waals surface area contributed by atoms with Gasteiger partial charge in [0.1, 0.15) is 13.2 Å². The normalized spacial score (nSPS) is 13.2. The summed E-state index contributed by atoms with van der Waals surface area (Å²) in [6.07, 6.45) is 88.4. The van der Waals surface area contributed by atoms with Crippen LogP contribution in [0.25, 0.3) is 0 Å². The number of unbranched alkanes of at least 4 members (excludes halogenated alkanes) is 18. The zero-order valence-corrected chi connectivity index (χ0v) is 48.3. The summed E-state index contributed by atoms with van der Waals surface area (Å²) in [6.45, 7) is 6.33. The monoisotopic (exact) mass is 1030 g/mol. The van der Waals surface area contributed by atoms with Gasteiger partial charge in [0.25, 0.3) is 0 Å². The van der Waals surface area contributed by atoms with Crippen LogP contribution in [-0.4, -0.2) is 37.2 Å². The summed E-state index contributed by atoms with van der Waals surface area (Å²) in [5.41, 5.74) is 0. The van der Waals surface area contributed by atoms with Gasteiger partial charge in [0, 0.05) is 19.3 Å². The highest BCUT2D eigenvalue weighted by Crippen LogP contribution is 2.14. The zero-order valence-electron chi connectivity index (χ0n) is 48.3. The van der Waals surface area contributed by atoms with Crippen LogP contribution in [-0.2, 0) is 28.6 Å². The van der Waals surface area contributed by atoms with Gasteiger partial charge in [0.05, 0.1) is 0 Å². The number of carbonyl (C=O) groups is 3. The van der Waals surface area contributed by atoms with E-state index < -0.39 is 6.10 Å². The number of allylic oxidation sites excluding steroid dienone is 24. The van der Waals surface area contributed by atoms with Gasteiger partial charge in [-0.2, -0.15) is 0 Å². The average molecular weight is 1040 g/mol. The van der Waals surface area contributed by atoms with Crippen molar-refractivity contribution >= 4 is 17.9 Å². The molecular weight excluding hydrogens is 925 g/mol. The standard InChI is InChI=1S/C69H110O6/c1-4-7-10-13-16-19-22-25-28-31-32-33-34-35-36-39-41-44-47-50-53-56-59-62-68(71)74-65-66(75-69(72)63-60-57-54-51-48-45-42-38-30-27-24-21-18-15-12-9-6-3)64-73-67(70)61-58-55-52-49-46-43-40-37-29-26-23-20-17-14-11-8-5-2/h7,9-10,12,16,18-19,21,25-30,32-33,35-36,41-42,44-45,50,53,66H,4-6,8,11,13-15,17,20,22-24,31,34,37-40,43,46-49,51-52,54-65H2,1-3H3/b10-7-,12-9-,19-16-,21-18-,28-25-,29-26-,30-27-,33-32-,36-35-,44-41-,45-42-,53-50-.